The van der Waals surface area contributed by atoms with Crippen LogP contribution in [0.4, 0.5) is 4.79 Å². The van der Waals surface area contributed by atoms with Gasteiger partial charge in [-0.15, -0.1) is 0 Å². The molecular formula is C19H31N5O2. The van der Waals surface area contributed by atoms with E-state index in [1.165, 1.54) is 0 Å². The molecule has 7 heteroatoms. The molecule has 2 amide bonds. The van der Waals surface area contributed by atoms with Crippen LogP contribution in [-0.4, -0.2) is 70.2 Å². The highest BCUT2D eigenvalue weighted by Gasteiger charge is 2.31. The molecular weight excluding hydrogens is 330 g/mol. The predicted octanol–water partition coefficient (Wildman–Crippen LogP) is 2.15. The highest BCUT2D eigenvalue weighted by molar-refractivity contribution is 5.74. The van der Waals surface area contributed by atoms with Crippen molar-refractivity contribution in [1.29, 1.82) is 0 Å². The number of amides is 2. The van der Waals surface area contributed by atoms with E-state index < -0.39 is 0 Å². The maximum atomic E-state index is 12.4. The molecule has 26 heavy (non-hydrogen) atoms. The highest BCUT2D eigenvalue weighted by Crippen LogP contribution is 2.24. The fourth-order valence-electron chi connectivity index (χ4n) is 3.62. The Balaban J connectivity index is 1.36. The summed E-state index contributed by atoms with van der Waals surface area (Å²) in [5.41, 5.74) is 0.211. The highest BCUT2D eigenvalue weighted by atomic mass is 16.5. The van der Waals surface area contributed by atoms with Crippen LogP contribution in [-0.2, 0) is 0 Å². The summed E-state index contributed by atoms with van der Waals surface area (Å²) in [6.07, 6.45) is 6.21. The minimum atomic E-state index is 0.0496. The summed E-state index contributed by atoms with van der Waals surface area (Å²) >= 11 is 0. The van der Waals surface area contributed by atoms with Gasteiger partial charge >= 0.3 is 12.0 Å². The normalized spacial score (nSPS) is 22.4. The summed E-state index contributed by atoms with van der Waals surface area (Å²) in [4.78, 5) is 25.0. The van der Waals surface area contributed by atoms with E-state index in [0.29, 0.717) is 25.0 Å². The van der Waals surface area contributed by atoms with Crippen LogP contribution in [0.1, 0.15) is 40.0 Å². The quantitative estimate of drug-likeness (QED) is 0.890. The Morgan fingerprint density at radius 3 is 2.50 bits per heavy atom. The summed E-state index contributed by atoms with van der Waals surface area (Å²) in [7, 11) is 0. The molecule has 2 aliphatic heterocycles. The third kappa shape index (κ3) is 5.06. The lowest BCUT2D eigenvalue weighted by Gasteiger charge is -2.32. The lowest BCUT2D eigenvalue weighted by molar-refractivity contribution is 0.103. The van der Waals surface area contributed by atoms with E-state index in [1.807, 2.05) is 4.90 Å². The van der Waals surface area contributed by atoms with E-state index in [-0.39, 0.29) is 17.7 Å². The molecule has 7 nitrogen and oxygen atoms in total. The first-order chi connectivity index (χ1) is 12.4. The molecule has 2 aliphatic rings. The van der Waals surface area contributed by atoms with E-state index in [9.17, 15) is 4.79 Å². The SMILES string of the molecule is CC(C)(C)N1CCC(CNC(=O)N2CCC(Oc3ncccn3)CC2)C1. The van der Waals surface area contributed by atoms with E-state index >= 15 is 0 Å². The van der Waals surface area contributed by atoms with Gasteiger partial charge in [0.1, 0.15) is 6.10 Å². The maximum absolute atomic E-state index is 12.4. The summed E-state index contributed by atoms with van der Waals surface area (Å²) in [5.74, 6) is 0.550. The van der Waals surface area contributed by atoms with Gasteiger partial charge in [-0.05, 0) is 45.7 Å². The number of nitrogens with zero attached hydrogens (tertiary/aromatic N) is 4. The molecule has 1 aromatic heterocycles. The molecule has 0 bridgehead atoms. The molecule has 3 rings (SSSR count). The zero-order valence-corrected chi connectivity index (χ0v) is 16.1. The number of likely N-dealkylation sites (tertiary alicyclic amines) is 2. The van der Waals surface area contributed by atoms with Crippen LogP contribution in [0.5, 0.6) is 6.01 Å². The third-order valence-corrected chi connectivity index (χ3v) is 5.32. The Morgan fingerprint density at radius 1 is 1.19 bits per heavy atom. The van der Waals surface area contributed by atoms with Gasteiger partial charge in [0.25, 0.3) is 0 Å². The predicted molar refractivity (Wildman–Crippen MR) is 100 cm³/mol. The van der Waals surface area contributed by atoms with Gasteiger partial charge in [-0.2, -0.15) is 0 Å². The van der Waals surface area contributed by atoms with Gasteiger partial charge in [0.2, 0.25) is 0 Å². The van der Waals surface area contributed by atoms with Crippen LogP contribution in [0, 0.1) is 5.92 Å². The molecule has 1 unspecified atom stereocenters. The zero-order valence-electron chi connectivity index (χ0n) is 16.1. The van der Waals surface area contributed by atoms with Crippen molar-refractivity contribution in [3.63, 3.8) is 0 Å². The molecule has 1 atom stereocenters. The smallest absolute Gasteiger partial charge is 0.317 e. The first-order valence-corrected chi connectivity index (χ1v) is 9.63. The standard InChI is InChI=1S/C19H31N5O2/c1-19(2,3)24-12-5-15(14-24)13-22-18(25)23-10-6-16(7-11-23)26-17-20-8-4-9-21-17/h4,8-9,15-16H,5-7,10-14H2,1-3H3,(H,22,25). The maximum Gasteiger partial charge on any atom is 0.317 e. The largest absolute Gasteiger partial charge is 0.460 e. The van der Waals surface area contributed by atoms with Gasteiger partial charge < -0.3 is 15.0 Å². The van der Waals surface area contributed by atoms with E-state index in [4.69, 9.17) is 4.74 Å². The Morgan fingerprint density at radius 2 is 1.88 bits per heavy atom. The van der Waals surface area contributed by atoms with E-state index in [1.54, 1.807) is 18.5 Å². The second-order valence-corrected chi connectivity index (χ2v) is 8.29. The summed E-state index contributed by atoms with van der Waals surface area (Å²) < 4.78 is 5.78. The fraction of sp³-hybridized carbons (Fsp3) is 0.737. The van der Waals surface area contributed by atoms with Crippen molar-refractivity contribution >= 4 is 6.03 Å². The molecule has 2 fully saturated rings. The first-order valence-electron chi connectivity index (χ1n) is 9.63. The minimum Gasteiger partial charge on any atom is -0.460 e. The summed E-state index contributed by atoms with van der Waals surface area (Å²) in [5, 5.41) is 3.13. The average molecular weight is 361 g/mol. The van der Waals surface area contributed by atoms with Crippen LogP contribution in [0.25, 0.3) is 0 Å². The van der Waals surface area contributed by atoms with Gasteiger partial charge in [0.05, 0.1) is 0 Å². The van der Waals surface area contributed by atoms with Crippen LogP contribution in [0.3, 0.4) is 0 Å². The Bertz CT molecular complexity index is 581. The van der Waals surface area contributed by atoms with Crippen molar-refractivity contribution in [3.8, 4) is 6.01 Å². The van der Waals surface area contributed by atoms with E-state index in [2.05, 4.69) is 41.0 Å². The molecule has 0 aliphatic carbocycles. The number of piperidine rings is 1. The van der Waals surface area contributed by atoms with Gasteiger partial charge in [-0.25, -0.2) is 14.8 Å². The number of carbonyl (C=O) groups excluding carboxylic acids is 1. The van der Waals surface area contributed by atoms with Gasteiger partial charge in [0, 0.05) is 57.0 Å². The van der Waals surface area contributed by atoms with Gasteiger partial charge in [-0.1, -0.05) is 0 Å². The Hall–Kier alpha value is -1.89. The molecule has 1 aromatic rings. The van der Waals surface area contributed by atoms with E-state index in [0.717, 1.165) is 38.9 Å². The van der Waals surface area contributed by atoms with Crippen molar-refractivity contribution < 1.29 is 9.53 Å². The monoisotopic (exact) mass is 361 g/mol. The lowest BCUT2D eigenvalue weighted by atomic mass is 10.1. The molecule has 0 radical (unpaired) electrons. The summed E-state index contributed by atoms with van der Waals surface area (Å²) in [6.45, 7) is 11.1. The third-order valence-electron chi connectivity index (χ3n) is 5.32. The molecule has 1 N–H and O–H groups in total. The number of rotatable bonds is 4. The molecule has 3 heterocycles. The first kappa shape index (κ1) is 18.9. The molecule has 0 aromatic carbocycles. The average Bonchev–Trinajstić information content (AvgIpc) is 3.11. The molecule has 144 valence electrons. The number of hydrogen-bond acceptors (Lipinski definition) is 5. The molecule has 2 saturated heterocycles. The molecule has 0 spiro atoms. The number of hydrogen-bond donors (Lipinski definition) is 1. The van der Waals surface area contributed by atoms with Crippen LogP contribution >= 0.6 is 0 Å². The number of carbonyl (C=O) groups is 1. The van der Waals surface area contributed by atoms with Crippen LogP contribution in [0.15, 0.2) is 18.5 Å². The van der Waals surface area contributed by atoms with Gasteiger partial charge in [-0.3, -0.25) is 4.90 Å². The van der Waals surface area contributed by atoms with Crippen LogP contribution in [0.2, 0.25) is 0 Å². The van der Waals surface area contributed by atoms with Crippen molar-refractivity contribution in [3.05, 3.63) is 18.5 Å². The van der Waals surface area contributed by atoms with Gasteiger partial charge in [0.15, 0.2) is 0 Å². The second-order valence-electron chi connectivity index (χ2n) is 8.29. The van der Waals surface area contributed by atoms with Crippen molar-refractivity contribution in [2.75, 3.05) is 32.7 Å². The Kier molecular flexibility index (Phi) is 5.96. The van der Waals surface area contributed by atoms with Crippen molar-refractivity contribution in [1.82, 2.24) is 25.1 Å². The second kappa shape index (κ2) is 8.20. The number of ether oxygens (including phenoxy) is 1. The topological polar surface area (TPSA) is 70.6 Å². The Labute approximate surface area is 156 Å². The van der Waals surface area contributed by atoms with Crippen molar-refractivity contribution in [2.45, 2.75) is 51.7 Å². The van der Waals surface area contributed by atoms with Crippen LogP contribution < -0.4 is 10.1 Å². The summed E-state index contributed by atoms with van der Waals surface area (Å²) in [6, 6.07) is 2.24. The van der Waals surface area contributed by atoms with Crippen molar-refractivity contribution in [2.24, 2.45) is 5.92 Å². The minimum absolute atomic E-state index is 0.0496. The number of nitrogens with one attached hydrogen (secondary N) is 1. The number of urea groups is 1. The lowest BCUT2D eigenvalue weighted by Crippen LogP contribution is -2.47. The zero-order chi connectivity index (χ0) is 18.6. The number of aromatic nitrogens is 2. The fourth-order valence-corrected chi connectivity index (χ4v) is 3.62. The molecule has 0 saturated carbocycles.